The molecule has 2 heterocycles. The fourth-order valence-electron chi connectivity index (χ4n) is 1.94. The molecule has 1 saturated heterocycles. The highest BCUT2D eigenvalue weighted by Gasteiger charge is 2.14. The van der Waals surface area contributed by atoms with Crippen LogP contribution in [0.25, 0.3) is 0 Å². The normalized spacial score (nSPS) is 17.6. The van der Waals surface area contributed by atoms with E-state index in [0.29, 0.717) is 5.92 Å². The smallest absolute Gasteiger partial charge is 0.205 e. The molecule has 1 aromatic heterocycles. The molecular formula is C12H21N3OS. The van der Waals surface area contributed by atoms with Crippen molar-refractivity contribution >= 4 is 16.5 Å². The Hall–Kier alpha value is -0.680. The summed E-state index contributed by atoms with van der Waals surface area (Å²) in [5.74, 6) is 1.37. The number of aromatic nitrogens is 2. The van der Waals surface area contributed by atoms with Gasteiger partial charge >= 0.3 is 0 Å². The van der Waals surface area contributed by atoms with E-state index in [1.54, 1.807) is 11.3 Å². The molecule has 1 aromatic rings. The Balaban J connectivity index is 1.76. The van der Waals surface area contributed by atoms with Gasteiger partial charge in [-0.05, 0) is 24.7 Å². The summed E-state index contributed by atoms with van der Waals surface area (Å²) in [5.41, 5.74) is 0. The van der Waals surface area contributed by atoms with Gasteiger partial charge in [-0.3, -0.25) is 0 Å². The average molecular weight is 255 g/mol. The zero-order valence-electron chi connectivity index (χ0n) is 10.6. The van der Waals surface area contributed by atoms with Gasteiger partial charge in [-0.2, -0.15) is 0 Å². The summed E-state index contributed by atoms with van der Waals surface area (Å²) in [7, 11) is 0. The average Bonchev–Trinajstić information content (AvgIpc) is 2.75. The van der Waals surface area contributed by atoms with E-state index >= 15 is 0 Å². The van der Waals surface area contributed by atoms with Crippen molar-refractivity contribution in [1.29, 1.82) is 0 Å². The van der Waals surface area contributed by atoms with E-state index < -0.39 is 0 Å². The maximum atomic E-state index is 5.35. The van der Waals surface area contributed by atoms with Crippen LogP contribution in [0.3, 0.4) is 0 Å². The van der Waals surface area contributed by atoms with E-state index in [4.69, 9.17) is 4.74 Å². The topological polar surface area (TPSA) is 47.0 Å². The lowest BCUT2D eigenvalue weighted by Crippen LogP contribution is -2.22. The SMILES string of the molecule is CC(C)Cc1nnc(NCC2CCOCC2)s1. The third kappa shape index (κ3) is 4.24. The number of anilines is 1. The van der Waals surface area contributed by atoms with Crippen LogP contribution < -0.4 is 5.32 Å². The van der Waals surface area contributed by atoms with Crippen molar-refractivity contribution in [3.05, 3.63) is 5.01 Å². The lowest BCUT2D eigenvalue weighted by Gasteiger charge is -2.21. The number of ether oxygens (including phenoxy) is 1. The first-order valence-electron chi connectivity index (χ1n) is 6.38. The minimum Gasteiger partial charge on any atom is -0.381 e. The largest absolute Gasteiger partial charge is 0.381 e. The fraction of sp³-hybridized carbons (Fsp3) is 0.833. The summed E-state index contributed by atoms with van der Waals surface area (Å²) in [4.78, 5) is 0. The van der Waals surface area contributed by atoms with Crippen molar-refractivity contribution in [2.45, 2.75) is 33.1 Å². The first-order valence-corrected chi connectivity index (χ1v) is 7.19. The monoisotopic (exact) mass is 255 g/mol. The standard InChI is InChI=1S/C12H21N3OS/c1-9(2)7-11-14-15-12(17-11)13-8-10-3-5-16-6-4-10/h9-10H,3-8H2,1-2H3,(H,13,15). The second-order valence-corrected chi connectivity index (χ2v) is 6.10. The van der Waals surface area contributed by atoms with Gasteiger partial charge < -0.3 is 10.1 Å². The zero-order chi connectivity index (χ0) is 12.1. The maximum absolute atomic E-state index is 5.35. The van der Waals surface area contributed by atoms with Gasteiger partial charge in [0.2, 0.25) is 5.13 Å². The molecule has 4 nitrogen and oxygen atoms in total. The van der Waals surface area contributed by atoms with Crippen molar-refractivity contribution in [1.82, 2.24) is 10.2 Å². The second-order valence-electron chi connectivity index (χ2n) is 5.04. The lowest BCUT2D eigenvalue weighted by molar-refractivity contribution is 0.0699. The molecule has 1 aliphatic rings. The number of rotatable bonds is 5. The van der Waals surface area contributed by atoms with Gasteiger partial charge in [-0.1, -0.05) is 25.2 Å². The van der Waals surface area contributed by atoms with E-state index in [1.165, 1.54) is 0 Å². The third-order valence-electron chi connectivity index (χ3n) is 2.93. The van der Waals surface area contributed by atoms with Crippen molar-refractivity contribution in [2.75, 3.05) is 25.1 Å². The summed E-state index contributed by atoms with van der Waals surface area (Å²) in [6.07, 6.45) is 3.34. The van der Waals surface area contributed by atoms with E-state index in [9.17, 15) is 0 Å². The Morgan fingerprint density at radius 2 is 2.12 bits per heavy atom. The highest BCUT2D eigenvalue weighted by molar-refractivity contribution is 7.15. The van der Waals surface area contributed by atoms with E-state index in [2.05, 4.69) is 29.4 Å². The summed E-state index contributed by atoms with van der Waals surface area (Å²) >= 11 is 1.69. The Labute approximate surface area is 107 Å². The molecule has 0 aliphatic carbocycles. The molecule has 1 aliphatic heterocycles. The molecule has 0 radical (unpaired) electrons. The Kier molecular flexibility index (Phi) is 4.74. The number of hydrogen-bond acceptors (Lipinski definition) is 5. The number of nitrogens with one attached hydrogen (secondary N) is 1. The molecule has 0 bridgehead atoms. The molecule has 0 unspecified atom stereocenters. The number of hydrogen-bond donors (Lipinski definition) is 1. The minimum atomic E-state index is 0.645. The summed E-state index contributed by atoms with van der Waals surface area (Å²) < 4.78 is 5.35. The van der Waals surface area contributed by atoms with Crippen molar-refractivity contribution in [2.24, 2.45) is 11.8 Å². The second kappa shape index (κ2) is 6.31. The lowest BCUT2D eigenvalue weighted by atomic mass is 10.0. The van der Waals surface area contributed by atoms with Crippen LogP contribution in [0.1, 0.15) is 31.7 Å². The predicted molar refractivity (Wildman–Crippen MR) is 70.5 cm³/mol. The molecule has 0 aromatic carbocycles. The third-order valence-corrected chi connectivity index (χ3v) is 3.84. The highest BCUT2D eigenvalue weighted by Crippen LogP contribution is 2.20. The molecule has 96 valence electrons. The Morgan fingerprint density at radius 1 is 1.35 bits per heavy atom. The van der Waals surface area contributed by atoms with Crippen LogP contribution in [0.5, 0.6) is 0 Å². The zero-order valence-corrected chi connectivity index (χ0v) is 11.4. The van der Waals surface area contributed by atoms with Crippen molar-refractivity contribution in [3.63, 3.8) is 0 Å². The van der Waals surface area contributed by atoms with Gasteiger partial charge in [-0.25, -0.2) is 0 Å². The quantitative estimate of drug-likeness (QED) is 0.878. The molecule has 0 saturated carbocycles. The van der Waals surface area contributed by atoms with Gasteiger partial charge in [0, 0.05) is 26.2 Å². The Bertz CT molecular complexity index is 334. The van der Waals surface area contributed by atoms with Crippen molar-refractivity contribution < 1.29 is 4.74 Å². The van der Waals surface area contributed by atoms with Crippen LogP contribution >= 0.6 is 11.3 Å². The molecule has 0 amide bonds. The van der Waals surface area contributed by atoms with Crippen LogP contribution in [-0.2, 0) is 11.2 Å². The summed E-state index contributed by atoms with van der Waals surface area (Å²) in [5, 5.41) is 13.9. The first kappa shape index (κ1) is 12.8. The molecule has 17 heavy (non-hydrogen) atoms. The molecule has 2 rings (SSSR count). The molecule has 0 spiro atoms. The predicted octanol–water partition coefficient (Wildman–Crippen LogP) is 2.58. The molecule has 0 atom stereocenters. The molecule has 1 N–H and O–H groups in total. The van der Waals surface area contributed by atoms with Crippen LogP contribution in [0.2, 0.25) is 0 Å². The molecule has 5 heteroatoms. The van der Waals surface area contributed by atoms with Crippen LogP contribution in [0, 0.1) is 11.8 Å². The van der Waals surface area contributed by atoms with E-state index in [-0.39, 0.29) is 0 Å². The van der Waals surface area contributed by atoms with Gasteiger partial charge in [0.1, 0.15) is 5.01 Å². The Morgan fingerprint density at radius 3 is 2.82 bits per heavy atom. The van der Waals surface area contributed by atoms with Gasteiger partial charge in [-0.15, -0.1) is 10.2 Å². The van der Waals surface area contributed by atoms with Gasteiger partial charge in [0.25, 0.3) is 0 Å². The molecule has 1 fully saturated rings. The number of nitrogens with zero attached hydrogens (tertiary/aromatic N) is 2. The summed E-state index contributed by atoms with van der Waals surface area (Å²) in [6.45, 7) is 7.22. The highest BCUT2D eigenvalue weighted by atomic mass is 32.1. The van der Waals surface area contributed by atoms with E-state index in [0.717, 1.165) is 55.1 Å². The van der Waals surface area contributed by atoms with Crippen molar-refractivity contribution in [3.8, 4) is 0 Å². The fourth-order valence-corrected chi connectivity index (χ4v) is 2.90. The van der Waals surface area contributed by atoms with Gasteiger partial charge in [0.15, 0.2) is 0 Å². The summed E-state index contributed by atoms with van der Waals surface area (Å²) in [6, 6.07) is 0. The van der Waals surface area contributed by atoms with Gasteiger partial charge in [0.05, 0.1) is 0 Å². The molecular weight excluding hydrogens is 234 g/mol. The first-order chi connectivity index (χ1) is 8.24. The minimum absolute atomic E-state index is 0.645. The van der Waals surface area contributed by atoms with Crippen LogP contribution in [0.4, 0.5) is 5.13 Å². The van der Waals surface area contributed by atoms with Crippen LogP contribution in [0.15, 0.2) is 0 Å². The van der Waals surface area contributed by atoms with Crippen LogP contribution in [-0.4, -0.2) is 30.0 Å². The van der Waals surface area contributed by atoms with E-state index in [1.807, 2.05) is 0 Å². The maximum Gasteiger partial charge on any atom is 0.205 e.